The minimum atomic E-state index is -0.950. The third kappa shape index (κ3) is 4.00. The van der Waals surface area contributed by atoms with Crippen molar-refractivity contribution in [3.05, 3.63) is 0 Å². The van der Waals surface area contributed by atoms with Crippen LogP contribution < -0.4 is 5.32 Å². The Morgan fingerprint density at radius 2 is 2.00 bits per heavy atom. The van der Waals surface area contributed by atoms with Crippen molar-refractivity contribution < 1.29 is 14.7 Å². The number of hydrogen-bond acceptors (Lipinski definition) is 2. The van der Waals surface area contributed by atoms with Gasteiger partial charge in [0.2, 0.25) is 5.91 Å². The maximum atomic E-state index is 12.1. The van der Waals surface area contributed by atoms with Crippen molar-refractivity contribution in [2.24, 2.45) is 17.3 Å². The molecule has 0 aliphatic heterocycles. The molecule has 18 heavy (non-hydrogen) atoms. The SMILES string of the molecule is CCC(NC(=O)C1CC(C)CC(C)(C)C1)C(=O)O. The van der Waals surface area contributed by atoms with E-state index < -0.39 is 12.0 Å². The predicted octanol–water partition coefficient (Wildman–Crippen LogP) is 2.43. The average Bonchev–Trinajstić information content (AvgIpc) is 2.22. The summed E-state index contributed by atoms with van der Waals surface area (Å²) in [6, 6.07) is -0.752. The largest absolute Gasteiger partial charge is 0.480 e. The van der Waals surface area contributed by atoms with Gasteiger partial charge in [-0.1, -0.05) is 27.7 Å². The van der Waals surface area contributed by atoms with Crippen LogP contribution in [0.5, 0.6) is 0 Å². The van der Waals surface area contributed by atoms with Gasteiger partial charge in [-0.25, -0.2) is 4.79 Å². The van der Waals surface area contributed by atoms with E-state index in [-0.39, 0.29) is 17.2 Å². The van der Waals surface area contributed by atoms with Crippen molar-refractivity contribution in [1.82, 2.24) is 5.32 Å². The van der Waals surface area contributed by atoms with Crippen molar-refractivity contribution >= 4 is 11.9 Å². The number of amides is 1. The zero-order valence-corrected chi connectivity index (χ0v) is 11.8. The van der Waals surface area contributed by atoms with Gasteiger partial charge < -0.3 is 10.4 Å². The van der Waals surface area contributed by atoms with Gasteiger partial charge in [-0.3, -0.25) is 4.79 Å². The van der Waals surface area contributed by atoms with Gasteiger partial charge in [0.1, 0.15) is 6.04 Å². The second-order valence-corrected chi connectivity index (χ2v) is 6.42. The van der Waals surface area contributed by atoms with Crippen LogP contribution in [0.25, 0.3) is 0 Å². The van der Waals surface area contributed by atoms with Gasteiger partial charge >= 0.3 is 5.97 Å². The van der Waals surface area contributed by atoms with Crippen LogP contribution in [0.2, 0.25) is 0 Å². The van der Waals surface area contributed by atoms with Crippen LogP contribution in [0.4, 0.5) is 0 Å². The number of carboxylic acid groups (broad SMARTS) is 1. The van der Waals surface area contributed by atoms with E-state index in [4.69, 9.17) is 5.11 Å². The van der Waals surface area contributed by atoms with E-state index >= 15 is 0 Å². The second kappa shape index (κ2) is 5.72. The monoisotopic (exact) mass is 255 g/mol. The number of carboxylic acids is 1. The van der Waals surface area contributed by atoms with Crippen molar-refractivity contribution in [3.63, 3.8) is 0 Å². The molecule has 1 rings (SSSR count). The second-order valence-electron chi connectivity index (χ2n) is 6.42. The molecule has 0 aromatic rings. The first kappa shape index (κ1) is 15.0. The first-order valence-electron chi connectivity index (χ1n) is 6.78. The fraction of sp³-hybridized carbons (Fsp3) is 0.857. The van der Waals surface area contributed by atoms with Crippen LogP contribution in [-0.2, 0) is 9.59 Å². The Hall–Kier alpha value is -1.06. The van der Waals surface area contributed by atoms with Crippen LogP contribution in [0.3, 0.4) is 0 Å². The van der Waals surface area contributed by atoms with E-state index in [1.165, 1.54) is 0 Å². The highest BCUT2D eigenvalue weighted by molar-refractivity contribution is 5.85. The summed E-state index contributed by atoms with van der Waals surface area (Å²) < 4.78 is 0. The molecule has 4 nitrogen and oxygen atoms in total. The lowest BCUT2D eigenvalue weighted by molar-refractivity contribution is -0.143. The topological polar surface area (TPSA) is 66.4 Å². The van der Waals surface area contributed by atoms with Gasteiger partial charge in [0.05, 0.1) is 0 Å². The summed E-state index contributed by atoms with van der Waals surface area (Å²) in [5, 5.41) is 11.6. The first-order chi connectivity index (χ1) is 8.25. The molecule has 0 saturated heterocycles. The molecule has 1 fully saturated rings. The van der Waals surface area contributed by atoms with E-state index in [0.717, 1.165) is 19.3 Å². The highest BCUT2D eigenvalue weighted by Crippen LogP contribution is 2.41. The molecule has 1 aliphatic rings. The van der Waals surface area contributed by atoms with Crippen molar-refractivity contribution in [2.45, 2.75) is 59.4 Å². The molecular weight excluding hydrogens is 230 g/mol. The highest BCUT2D eigenvalue weighted by Gasteiger charge is 2.36. The molecule has 3 atom stereocenters. The fourth-order valence-corrected chi connectivity index (χ4v) is 3.17. The Morgan fingerprint density at radius 1 is 1.39 bits per heavy atom. The molecule has 0 aromatic heterocycles. The highest BCUT2D eigenvalue weighted by atomic mass is 16.4. The maximum absolute atomic E-state index is 12.1. The molecule has 4 heteroatoms. The zero-order valence-electron chi connectivity index (χ0n) is 11.8. The zero-order chi connectivity index (χ0) is 13.9. The van der Waals surface area contributed by atoms with E-state index in [1.807, 2.05) is 0 Å². The van der Waals surface area contributed by atoms with Crippen LogP contribution in [0.15, 0.2) is 0 Å². The van der Waals surface area contributed by atoms with Gasteiger partial charge in [-0.05, 0) is 37.0 Å². The third-order valence-electron chi connectivity index (χ3n) is 3.78. The summed E-state index contributed by atoms with van der Waals surface area (Å²) in [5.41, 5.74) is 0.171. The molecule has 2 N–H and O–H groups in total. The molecule has 3 unspecified atom stereocenters. The van der Waals surface area contributed by atoms with E-state index in [2.05, 4.69) is 26.1 Å². The Bertz CT molecular complexity index is 325. The minimum Gasteiger partial charge on any atom is -0.480 e. The van der Waals surface area contributed by atoms with Gasteiger partial charge in [-0.15, -0.1) is 0 Å². The van der Waals surface area contributed by atoms with Gasteiger partial charge in [0, 0.05) is 5.92 Å². The molecule has 104 valence electrons. The van der Waals surface area contributed by atoms with Crippen LogP contribution in [-0.4, -0.2) is 23.0 Å². The first-order valence-corrected chi connectivity index (χ1v) is 6.78. The van der Waals surface area contributed by atoms with Gasteiger partial charge in [-0.2, -0.15) is 0 Å². The van der Waals surface area contributed by atoms with Crippen molar-refractivity contribution in [1.29, 1.82) is 0 Å². The summed E-state index contributed by atoms with van der Waals surface area (Å²) in [6.45, 7) is 8.29. The number of aliphatic carboxylic acids is 1. The summed E-state index contributed by atoms with van der Waals surface area (Å²) in [4.78, 5) is 23.1. The Morgan fingerprint density at radius 3 is 2.44 bits per heavy atom. The van der Waals surface area contributed by atoms with Gasteiger partial charge in [0.25, 0.3) is 0 Å². The third-order valence-corrected chi connectivity index (χ3v) is 3.78. The average molecular weight is 255 g/mol. The van der Waals surface area contributed by atoms with Crippen LogP contribution in [0, 0.1) is 17.3 Å². The van der Waals surface area contributed by atoms with Crippen LogP contribution in [0.1, 0.15) is 53.4 Å². The number of nitrogens with one attached hydrogen (secondary N) is 1. The maximum Gasteiger partial charge on any atom is 0.326 e. The van der Waals surface area contributed by atoms with Crippen LogP contribution >= 0.6 is 0 Å². The van der Waals surface area contributed by atoms with E-state index in [9.17, 15) is 9.59 Å². The molecule has 0 radical (unpaired) electrons. The molecule has 0 spiro atoms. The standard InChI is InChI=1S/C14H25NO3/c1-5-11(13(17)18)15-12(16)10-6-9(2)7-14(3,4)8-10/h9-11H,5-8H2,1-4H3,(H,15,16)(H,17,18). The molecule has 0 heterocycles. The number of carbonyl (C=O) groups excluding carboxylic acids is 1. The lowest BCUT2D eigenvalue weighted by atomic mass is 9.68. The Kier molecular flexibility index (Phi) is 4.77. The number of carbonyl (C=O) groups is 2. The smallest absolute Gasteiger partial charge is 0.326 e. The molecule has 0 aromatic carbocycles. The predicted molar refractivity (Wildman–Crippen MR) is 70.1 cm³/mol. The number of hydrogen-bond donors (Lipinski definition) is 2. The van der Waals surface area contributed by atoms with Crippen molar-refractivity contribution in [3.8, 4) is 0 Å². The quantitative estimate of drug-likeness (QED) is 0.810. The van der Waals surface area contributed by atoms with Gasteiger partial charge in [0.15, 0.2) is 0 Å². The minimum absolute atomic E-state index is 0.0443. The molecule has 1 aliphatic carbocycles. The summed E-state index contributed by atoms with van der Waals surface area (Å²) in [6.07, 6.45) is 3.27. The number of rotatable bonds is 4. The molecule has 0 bridgehead atoms. The van der Waals surface area contributed by atoms with Crippen molar-refractivity contribution in [2.75, 3.05) is 0 Å². The molecular formula is C14H25NO3. The lowest BCUT2D eigenvalue weighted by Gasteiger charge is -2.38. The van der Waals surface area contributed by atoms with E-state index in [1.54, 1.807) is 6.92 Å². The normalized spacial score (nSPS) is 28.4. The summed E-state index contributed by atoms with van der Waals surface area (Å²) >= 11 is 0. The Labute approximate surface area is 109 Å². The lowest BCUT2D eigenvalue weighted by Crippen LogP contribution is -2.45. The summed E-state index contributed by atoms with van der Waals surface area (Å²) in [7, 11) is 0. The summed E-state index contributed by atoms with van der Waals surface area (Å²) in [5.74, 6) is -0.565. The van der Waals surface area contributed by atoms with E-state index in [0.29, 0.717) is 12.3 Å². The molecule has 1 amide bonds. The Balaban J connectivity index is 2.63. The fourth-order valence-electron chi connectivity index (χ4n) is 3.17. The molecule has 1 saturated carbocycles.